The molecule has 1 N–H and O–H groups in total. The Morgan fingerprint density at radius 2 is 1.60 bits per heavy atom. The lowest BCUT2D eigenvalue weighted by molar-refractivity contribution is -0.134. The molecule has 3 rings (SSSR count). The summed E-state index contributed by atoms with van der Waals surface area (Å²) in [5, 5.41) is 2.47. The Labute approximate surface area is 204 Å². The van der Waals surface area contributed by atoms with Gasteiger partial charge in [-0.1, -0.05) is 36.4 Å². The molecule has 35 heavy (non-hydrogen) atoms. The van der Waals surface area contributed by atoms with Crippen LogP contribution in [0.3, 0.4) is 0 Å². The third kappa shape index (κ3) is 6.62. The maximum atomic E-state index is 13.7. The molecule has 0 aromatic heterocycles. The third-order valence-corrected chi connectivity index (χ3v) is 4.81. The average molecular weight is 486 g/mol. The van der Waals surface area contributed by atoms with E-state index in [1.54, 1.807) is 59.7 Å². The number of rotatable bonds is 3. The van der Waals surface area contributed by atoms with Crippen LogP contribution in [0.1, 0.15) is 53.1 Å². The van der Waals surface area contributed by atoms with Crippen LogP contribution in [0.25, 0.3) is 10.8 Å². The van der Waals surface area contributed by atoms with E-state index in [1.807, 2.05) is 24.3 Å². The second kappa shape index (κ2) is 9.81. The summed E-state index contributed by atoms with van der Waals surface area (Å²) in [6.07, 6.45) is -2.80. The first-order valence-electron chi connectivity index (χ1n) is 11.2. The van der Waals surface area contributed by atoms with Crippen LogP contribution in [-0.4, -0.2) is 58.4 Å². The molecule has 1 atom stereocenters. The van der Waals surface area contributed by atoms with Crippen LogP contribution in [0.5, 0.6) is 0 Å². The molecule has 10 nitrogen and oxygen atoms in total. The van der Waals surface area contributed by atoms with Gasteiger partial charge in [-0.05, 0) is 63.9 Å². The second-order valence-corrected chi connectivity index (χ2v) is 10.1. The summed E-state index contributed by atoms with van der Waals surface area (Å²) in [7, 11) is 0. The molecule has 1 heterocycles. The number of hydrazine groups is 1. The van der Waals surface area contributed by atoms with Crippen molar-refractivity contribution >= 4 is 35.0 Å². The van der Waals surface area contributed by atoms with E-state index in [9.17, 15) is 19.2 Å². The molecule has 1 fully saturated rings. The van der Waals surface area contributed by atoms with Crippen molar-refractivity contribution in [1.82, 2.24) is 15.3 Å². The summed E-state index contributed by atoms with van der Waals surface area (Å²) in [5.74, 6) is -0.760. The Morgan fingerprint density at radius 3 is 2.17 bits per heavy atom. The second-order valence-electron chi connectivity index (χ2n) is 10.1. The zero-order chi connectivity index (χ0) is 26.0. The van der Waals surface area contributed by atoms with Gasteiger partial charge in [-0.25, -0.2) is 24.7 Å². The summed E-state index contributed by atoms with van der Waals surface area (Å²) in [6, 6.07) is 11.2. The van der Waals surface area contributed by atoms with Gasteiger partial charge in [0.25, 0.3) is 5.91 Å². The monoisotopic (exact) mass is 485 g/mol. The molecule has 0 radical (unpaired) electrons. The maximum Gasteiger partial charge on any atom is 0.430 e. The van der Waals surface area contributed by atoms with Crippen molar-refractivity contribution in [3.63, 3.8) is 0 Å². The van der Waals surface area contributed by atoms with E-state index in [-0.39, 0.29) is 13.2 Å². The van der Waals surface area contributed by atoms with Gasteiger partial charge in [-0.15, -0.1) is 0 Å². The predicted molar refractivity (Wildman–Crippen MR) is 127 cm³/mol. The Bertz CT molecular complexity index is 1130. The minimum atomic E-state index is -1.44. The van der Waals surface area contributed by atoms with Crippen molar-refractivity contribution in [2.45, 2.75) is 58.8 Å². The average Bonchev–Trinajstić information content (AvgIpc) is 3.16. The van der Waals surface area contributed by atoms with Gasteiger partial charge in [-0.2, -0.15) is 5.01 Å². The highest BCUT2D eigenvalue weighted by Gasteiger charge is 2.42. The number of cyclic esters (lactones) is 1. The lowest BCUT2D eigenvalue weighted by atomic mass is 10.0. The van der Waals surface area contributed by atoms with Crippen LogP contribution in [0.15, 0.2) is 42.5 Å². The molecule has 0 saturated carbocycles. The molecule has 4 amide bonds. The number of hydrogen-bond acceptors (Lipinski definition) is 7. The lowest BCUT2D eigenvalue weighted by Crippen LogP contribution is -2.55. The van der Waals surface area contributed by atoms with Crippen LogP contribution in [0.4, 0.5) is 14.4 Å². The fourth-order valence-electron chi connectivity index (χ4n) is 3.45. The van der Waals surface area contributed by atoms with Gasteiger partial charge < -0.3 is 14.2 Å². The molecule has 2 aromatic carbocycles. The van der Waals surface area contributed by atoms with Crippen LogP contribution in [0, 0.1) is 0 Å². The van der Waals surface area contributed by atoms with Crippen molar-refractivity contribution in [3.05, 3.63) is 48.0 Å². The minimum Gasteiger partial charge on any atom is -0.447 e. The smallest absolute Gasteiger partial charge is 0.430 e. The number of nitrogens with zero attached hydrogens (tertiary/aromatic N) is 2. The number of fused-ring (bicyclic) bond motifs is 1. The fraction of sp³-hybridized carbons (Fsp3) is 0.440. The number of carbonyl (C=O) groups is 4. The lowest BCUT2D eigenvalue weighted by Gasteiger charge is -2.34. The SMILES string of the molecule is CC(C)(C)OC(=O)NN(C(=O)OC(C)(C)C)[C@H](C(=O)N1CCOC1=O)c1ccc2ccccc2c1. The minimum absolute atomic E-state index is 0.0103. The molecule has 2 aromatic rings. The molecule has 0 bridgehead atoms. The largest absolute Gasteiger partial charge is 0.447 e. The molecule has 1 saturated heterocycles. The highest BCUT2D eigenvalue weighted by Crippen LogP contribution is 2.29. The van der Waals surface area contributed by atoms with Crippen LogP contribution < -0.4 is 5.43 Å². The summed E-state index contributed by atoms with van der Waals surface area (Å²) < 4.78 is 15.7. The van der Waals surface area contributed by atoms with Crippen molar-refractivity contribution in [1.29, 1.82) is 0 Å². The Morgan fingerprint density at radius 1 is 0.971 bits per heavy atom. The highest BCUT2D eigenvalue weighted by molar-refractivity contribution is 5.98. The van der Waals surface area contributed by atoms with Gasteiger partial charge in [0.15, 0.2) is 6.04 Å². The first-order chi connectivity index (χ1) is 16.2. The first-order valence-corrected chi connectivity index (χ1v) is 11.2. The molecule has 0 spiro atoms. The van der Waals surface area contributed by atoms with Gasteiger partial charge in [0, 0.05) is 0 Å². The molecular formula is C25H31N3O7. The van der Waals surface area contributed by atoms with E-state index in [2.05, 4.69) is 5.43 Å². The van der Waals surface area contributed by atoms with Gasteiger partial charge in [0.05, 0.1) is 6.54 Å². The standard InChI is InChI=1S/C25H31N3O7/c1-24(2,3)34-21(30)26-28(23(32)35-25(4,5)6)19(20(29)27-13-14-33-22(27)31)18-12-11-16-9-7-8-10-17(16)15-18/h7-12,15,19H,13-14H2,1-6H3,(H,26,30)/t19-/m0/s1. The van der Waals surface area contributed by atoms with Crippen molar-refractivity contribution < 1.29 is 33.4 Å². The molecule has 0 aliphatic carbocycles. The van der Waals surface area contributed by atoms with E-state index in [4.69, 9.17) is 14.2 Å². The number of carbonyl (C=O) groups excluding carboxylic acids is 4. The normalized spacial score (nSPS) is 14.8. The predicted octanol–water partition coefficient (Wildman–Crippen LogP) is 4.54. The van der Waals surface area contributed by atoms with Crippen LogP contribution in [0.2, 0.25) is 0 Å². The number of amides is 4. The van der Waals surface area contributed by atoms with E-state index in [1.165, 1.54) is 0 Å². The molecule has 188 valence electrons. The van der Waals surface area contributed by atoms with E-state index in [0.717, 1.165) is 20.7 Å². The van der Waals surface area contributed by atoms with E-state index in [0.29, 0.717) is 5.56 Å². The Balaban J connectivity index is 2.11. The van der Waals surface area contributed by atoms with Crippen molar-refractivity contribution in [2.24, 2.45) is 0 Å². The number of benzene rings is 2. The number of imide groups is 1. The zero-order valence-corrected chi connectivity index (χ0v) is 20.8. The maximum absolute atomic E-state index is 13.7. The van der Waals surface area contributed by atoms with Crippen molar-refractivity contribution in [2.75, 3.05) is 13.2 Å². The third-order valence-electron chi connectivity index (χ3n) is 4.81. The van der Waals surface area contributed by atoms with E-state index < -0.39 is 41.4 Å². The fourth-order valence-corrected chi connectivity index (χ4v) is 3.45. The zero-order valence-electron chi connectivity index (χ0n) is 20.8. The summed E-state index contributed by atoms with van der Waals surface area (Å²) >= 11 is 0. The highest BCUT2D eigenvalue weighted by atomic mass is 16.6. The Kier molecular flexibility index (Phi) is 7.23. The quantitative estimate of drug-likeness (QED) is 0.501. The van der Waals surface area contributed by atoms with Crippen molar-refractivity contribution in [3.8, 4) is 0 Å². The Hall–Kier alpha value is -3.82. The summed E-state index contributed by atoms with van der Waals surface area (Å²) in [4.78, 5) is 52.8. The van der Waals surface area contributed by atoms with Crippen LogP contribution >= 0.6 is 0 Å². The molecule has 0 unspecified atom stereocenters. The van der Waals surface area contributed by atoms with E-state index >= 15 is 0 Å². The summed E-state index contributed by atoms with van der Waals surface area (Å²) in [6.45, 7) is 9.99. The molecule has 1 aliphatic rings. The number of ether oxygens (including phenoxy) is 3. The molecule has 10 heteroatoms. The van der Waals surface area contributed by atoms with Gasteiger partial charge in [-0.3, -0.25) is 4.79 Å². The molecule has 1 aliphatic heterocycles. The van der Waals surface area contributed by atoms with Gasteiger partial charge >= 0.3 is 18.3 Å². The molecular weight excluding hydrogens is 454 g/mol. The number of hydrogen-bond donors (Lipinski definition) is 1. The summed E-state index contributed by atoms with van der Waals surface area (Å²) in [5.41, 5.74) is 0.910. The topological polar surface area (TPSA) is 114 Å². The van der Waals surface area contributed by atoms with Gasteiger partial charge in [0.1, 0.15) is 17.8 Å². The van der Waals surface area contributed by atoms with Crippen LogP contribution in [-0.2, 0) is 19.0 Å². The van der Waals surface area contributed by atoms with Gasteiger partial charge in [0.2, 0.25) is 0 Å². The first kappa shape index (κ1) is 25.8. The number of nitrogens with one attached hydrogen (secondary N) is 1.